The highest BCUT2D eigenvalue weighted by Crippen LogP contribution is 2.45. The zero-order valence-electron chi connectivity index (χ0n) is 66.4. The summed E-state index contributed by atoms with van der Waals surface area (Å²) in [5.41, 5.74) is 0. The lowest BCUT2D eigenvalue weighted by molar-refractivity contribution is -0.161. The minimum Gasteiger partial charge on any atom is -0.463 e. The lowest BCUT2D eigenvalue weighted by Crippen LogP contribution is -2.30. The third-order valence-corrected chi connectivity index (χ3v) is 19.6. The average Bonchev–Trinajstić information content (AvgIpc) is 0.914. The molecule has 0 saturated heterocycles. The van der Waals surface area contributed by atoms with E-state index in [-0.39, 0.29) is 19.3 Å². The molecule has 0 radical (unpaired) electrons. The number of allylic oxidation sites excluding steroid dienone is 20. The van der Waals surface area contributed by atoms with Crippen molar-refractivity contribution in [3.8, 4) is 0 Å². The summed E-state index contributed by atoms with van der Waals surface area (Å²) in [6.07, 6.45) is 95.5. The fourth-order valence-corrected chi connectivity index (χ4v) is 12.9. The van der Waals surface area contributed by atoms with Crippen LogP contribution in [0.3, 0.4) is 0 Å². The second kappa shape index (κ2) is 79.5. The van der Waals surface area contributed by atoms with Crippen LogP contribution in [0.5, 0.6) is 0 Å². The minimum atomic E-state index is -4.93. The van der Waals surface area contributed by atoms with E-state index in [1.165, 1.54) is 167 Å². The monoisotopic (exact) mass is 1520 g/mol. The van der Waals surface area contributed by atoms with Gasteiger partial charge in [0.05, 0.1) is 26.4 Å². The maximum Gasteiger partial charge on any atom is 0.472 e. The van der Waals surface area contributed by atoms with Gasteiger partial charge in [-0.25, -0.2) is 9.13 Å². The smallest absolute Gasteiger partial charge is 0.463 e. The van der Waals surface area contributed by atoms with E-state index in [0.29, 0.717) is 19.3 Å². The SMILES string of the molecule is CC/C=C\C/C=C\C/C=C\C/C=C\C/C=C\C/C=C\CCCCCCC(=O)OCC(COP(=O)(O)OCC(O)COP(=O)(O)OCC(O)COC(=O)CCCCCCCCCCCCCCCCCCC/C=C\C/C=C\C/C=C\C/C=C\CCCCC)OC(=O)CCCCCCCCCCCCCCC. The molecule has 16 nitrogen and oxygen atoms in total. The number of phosphoric ester groups is 2. The highest BCUT2D eigenvalue weighted by Gasteiger charge is 2.29. The van der Waals surface area contributed by atoms with Crippen molar-refractivity contribution >= 4 is 33.6 Å². The summed E-state index contributed by atoms with van der Waals surface area (Å²) in [4.78, 5) is 58.7. The molecule has 606 valence electrons. The summed E-state index contributed by atoms with van der Waals surface area (Å²) in [5.74, 6) is -1.59. The predicted molar refractivity (Wildman–Crippen MR) is 436 cm³/mol. The van der Waals surface area contributed by atoms with Gasteiger partial charge in [0.2, 0.25) is 0 Å². The molecule has 0 fully saturated rings. The van der Waals surface area contributed by atoms with Gasteiger partial charge in [0.15, 0.2) is 6.10 Å². The zero-order chi connectivity index (χ0) is 76.6. The van der Waals surface area contributed by atoms with Gasteiger partial charge in [0, 0.05) is 19.3 Å². The molecule has 105 heavy (non-hydrogen) atoms. The number of rotatable bonds is 79. The Kier molecular flexibility index (Phi) is 76.4. The summed E-state index contributed by atoms with van der Waals surface area (Å²) in [5, 5.41) is 20.7. The van der Waals surface area contributed by atoms with E-state index in [2.05, 4.69) is 142 Å². The van der Waals surface area contributed by atoms with E-state index >= 15 is 0 Å². The van der Waals surface area contributed by atoms with Crippen LogP contribution in [0.25, 0.3) is 0 Å². The normalized spacial score (nSPS) is 14.5. The maximum atomic E-state index is 13.0. The van der Waals surface area contributed by atoms with Gasteiger partial charge in [0.1, 0.15) is 25.4 Å². The van der Waals surface area contributed by atoms with Crippen LogP contribution in [0.2, 0.25) is 0 Å². The van der Waals surface area contributed by atoms with Gasteiger partial charge < -0.3 is 34.2 Å². The van der Waals surface area contributed by atoms with Crippen LogP contribution in [0, 0.1) is 0 Å². The molecule has 18 heteroatoms. The second-order valence-corrected chi connectivity index (χ2v) is 30.8. The molecular formula is C87H152O16P2. The zero-order valence-corrected chi connectivity index (χ0v) is 68.2. The van der Waals surface area contributed by atoms with Crippen molar-refractivity contribution in [2.75, 3.05) is 39.6 Å². The number of hydrogen-bond donors (Lipinski definition) is 4. The van der Waals surface area contributed by atoms with Gasteiger partial charge in [-0.15, -0.1) is 0 Å². The quantitative estimate of drug-likeness (QED) is 0.0146. The van der Waals surface area contributed by atoms with E-state index in [1.54, 1.807) is 0 Å². The molecule has 0 saturated carbocycles. The molecule has 0 rings (SSSR count). The number of aliphatic hydroxyl groups excluding tert-OH is 2. The Morgan fingerprint density at radius 1 is 0.276 bits per heavy atom. The van der Waals surface area contributed by atoms with Crippen LogP contribution in [0.15, 0.2) is 122 Å². The fourth-order valence-electron chi connectivity index (χ4n) is 11.3. The topological polar surface area (TPSA) is 231 Å². The number of ether oxygens (including phenoxy) is 3. The molecule has 5 atom stereocenters. The molecule has 0 aliphatic carbocycles. The van der Waals surface area contributed by atoms with Crippen molar-refractivity contribution in [2.24, 2.45) is 0 Å². The van der Waals surface area contributed by atoms with Crippen molar-refractivity contribution in [2.45, 2.75) is 373 Å². The van der Waals surface area contributed by atoms with Gasteiger partial charge in [0.25, 0.3) is 0 Å². The molecule has 0 spiro atoms. The van der Waals surface area contributed by atoms with Crippen molar-refractivity contribution in [1.29, 1.82) is 0 Å². The Bertz CT molecular complexity index is 2390. The van der Waals surface area contributed by atoms with Crippen LogP contribution in [0.4, 0.5) is 0 Å². The van der Waals surface area contributed by atoms with Crippen LogP contribution in [-0.2, 0) is 55.8 Å². The van der Waals surface area contributed by atoms with Crippen molar-refractivity contribution in [1.82, 2.24) is 0 Å². The summed E-state index contributed by atoms with van der Waals surface area (Å²) in [7, 11) is -9.79. The van der Waals surface area contributed by atoms with Gasteiger partial charge in [-0.2, -0.15) is 0 Å². The molecular weight excluding hydrogens is 1360 g/mol. The second-order valence-electron chi connectivity index (χ2n) is 27.9. The molecule has 5 unspecified atom stereocenters. The molecule has 0 aliphatic rings. The molecule has 4 N–H and O–H groups in total. The Morgan fingerprint density at radius 2 is 0.505 bits per heavy atom. The van der Waals surface area contributed by atoms with Gasteiger partial charge >= 0.3 is 33.6 Å². The number of unbranched alkanes of at least 4 members (excludes halogenated alkanes) is 36. The number of carbonyl (C=O) groups excluding carboxylic acids is 3. The summed E-state index contributed by atoms with van der Waals surface area (Å²) in [6.45, 7) is 2.54. The summed E-state index contributed by atoms with van der Waals surface area (Å²) < 4.78 is 61.2. The minimum absolute atomic E-state index is 0.100. The van der Waals surface area contributed by atoms with Gasteiger partial charge in [-0.1, -0.05) is 341 Å². The molecule has 0 aromatic rings. The first-order valence-electron chi connectivity index (χ1n) is 41.8. The van der Waals surface area contributed by atoms with E-state index in [4.69, 9.17) is 32.3 Å². The van der Waals surface area contributed by atoms with Crippen LogP contribution < -0.4 is 0 Å². The first kappa shape index (κ1) is 101. The van der Waals surface area contributed by atoms with Crippen LogP contribution in [0.1, 0.15) is 355 Å². The Labute approximate surface area is 640 Å². The standard InChI is InChI=1S/C87H152O16P2/c1-4-7-10-13-16-19-22-25-27-29-31-33-35-36-37-38-39-40-41-42-43-44-46-48-49-51-53-56-58-61-64-67-70-73-85(90)97-76-82(88)77-99-104(93,94)100-78-83(89)79-101-105(95,96)102-81-84(103-87(92)75-72-69-66-63-60-55-24-21-18-15-12-9-6-3)80-98-86(91)74-71-68-65-62-59-57-54-52-50-47-45-34-32-30-28-26-23-20-17-14-11-8-5-2/h8,11,16-17,19-20,25-28,31-34,36-37,47,50,54,57,82-84,88-89H,4-7,9-10,12-15,18,21-24,29-30,35,38-46,48-49,51-53,55-56,58-81H2,1-3H3,(H,93,94)(H,95,96)/b11-8-,19-16-,20-17-,27-25-,28-26-,33-31-,34-32-,37-36-,50-47-,57-54-. The number of carbonyl (C=O) groups is 3. The lowest BCUT2D eigenvalue weighted by Gasteiger charge is -2.21. The Morgan fingerprint density at radius 3 is 0.819 bits per heavy atom. The number of esters is 3. The van der Waals surface area contributed by atoms with E-state index in [9.17, 15) is 43.5 Å². The highest BCUT2D eigenvalue weighted by atomic mass is 31.2. The predicted octanol–water partition coefficient (Wildman–Crippen LogP) is 24.9. The molecule has 0 aromatic heterocycles. The van der Waals surface area contributed by atoms with E-state index < -0.39 is 91.5 Å². The van der Waals surface area contributed by atoms with E-state index in [0.717, 1.165) is 128 Å². The van der Waals surface area contributed by atoms with Crippen LogP contribution in [-0.4, -0.2) is 95.9 Å². The highest BCUT2D eigenvalue weighted by molar-refractivity contribution is 7.47. The molecule has 0 amide bonds. The number of hydrogen-bond acceptors (Lipinski definition) is 14. The third kappa shape index (κ3) is 80.8. The first-order chi connectivity index (χ1) is 51.2. The van der Waals surface area contributed by atoms with Crippen molar-refractivity contribution in [3.63, 3.8) is 0 Å². The summed E-state index contributed by atoms with van der Waals surface area (Å²) in [6, 6.07) is 0. The number of aliphatic hydroxyl groups is 2. The largest absolute Gasteiger partial charge is 0.472 e. The van der Waals surface area contributed by atoms with E-state index in [1.807, 2.05) is 0 Å². The van der Waals surface area contributed by atoms with Crippen molar-refractivity contribution in [3.05, 3.63) is 122 Å². The first-order valence-corrected chi connectivity index (χ1v) is 44.8. The van der Waals surface area contributed by atoms with Crippen LogP contribution >= 0.6 is 15.6 Å². The Balaban J connectivity index is 4.44. The third-order valence-electron chi connectivity index (χ3n) is 17.7. The lowest BCUT2D eigenvalue weighted by atomic mass is 10.0. The van der Waals surface area contributed by atoms with Gasteiger partial charge in [-0.05, 0) is 116 Å². The average molecular weight is 1520 g/mol. The van der Waals surface area contributed by atoms with Crippen molar-refractivity contribution < 1.29 is 75.8 Å². The fraction of sp³-hybridized carbons (Fsp3) is 0.736. The molecule has 0 aromatic carbocycles. The summed E-state index contributed by atoms with van der Waals surface area (Å²) >= 11 is 0. The maximum absolute atomic E-state index is 13.0. The number of phosphoric acid groups is 2. The molecule has 0 aliphatic heterocycles. The molecule has 0 heterocycles. The molecule has 0 bridgehead atoms. The Hall–Kier alpha value is -4.05. The van der Waals surface area contributed by atoms with Gasteiger partial charge in [-0.3, -0.25) is 32.5 Å².